The first kappa shape index (κ1) is 33.3. The molecule has 0 aromatic heterocycles. The van der Waals surface area contributed by atoms with E-state index in [1.807, 2.05) is 0 Å². The van der Waals surface area contributed by atoms with Crippen LogP contribution in [-0.4, -0.2) is 48.5 Å². The van der Waals surface area contributed by atoms with Crippen molar-refractivity contribution < 1.29 is 23.7 Å². The lowest BCUT2D eigenvalue weighted by Gasteiger charge is -2.51. The second-order valence-electron chi connectivity index (χ2n) is 13.5. The van der Waals surface area contributed by atoms with Gasteiger partial charge >= 0.3 is 0 Å². The summed E-state index contributed by atoms with van der Waals surface area (Å²) in [7, 11) is 0. The molecule has 4 rings (SSSR count). The Balaban J connectivity index is 1.61. The van der Waals surface area contributed by atoms with E-state index >= 15 is 0 Å². The molecule has 1 aromatic rings. The third kappa shape index (κ3) is 7.20. The van der Waals surface area contributed by atoms with Gasteiger partial charge in [0.15, 0.2) is 12.6 Å². The summed E-state index contributed by atoms with van der Waals surface area (Å²) < 4.78 is 34.3. The summed E-state index contributed by atoms with van der Waals surface area (Å²) in [6, 6.07) is 8.73. The van der Waals surface area contributed by atoms with E-state index in [0.717, 1.165) is 19.3 Å². The van der Waals surface area contributed by atoms with Gasteiger partial charge in [0.1, 0.15) is 11.5 Å². The fourth-order valence-electron chi connectivity index (χ4n) is 7.21. The Hall–Kier alpha value is -0.630. The van der Waals surface area contributed by atoms with E-state index in [1.54, 1.807) is 11.8 Å². The molecule has 0 amide bonds. The molecule has 0 aliphatic carbocycles. The number of hydrogen-bond donors (Lipinski definition) is 0. The van der Waals surface area contributed by atoms with E-state index in [1.165, 1.54) is 10.5 Å². The molecule has 5 nitrogen and oxygen atoms in total. The second-order valence-corrected chi connectivity index (χ2v) is 14.7. The number of benzene rings is 1. The van der Waals surface area contributed by atoms with E-state index in [0.29, 0.717) is 35.5 Å². The van der Waals surface area contributed by atoms with Gasteiger partial charge in [-0.2, -0.15) is 0 Å². The number of thioether (sulfide) groups is 1. The Morgan fingerprint density at radius 1 is 0.561 bits per heavy atom. The fourth-order valence-corrected chi connectivity index (χ4v) is 8.41. The van der Waals surface area contributed by atoms with Gasteiger partial charge in [0, 0.05) is 10.8 Å². The van der Waals surface area contributed by atoms with Gasteiger partial charge in [-0.3, -0.25) is 0 Å². The minimum Gasteiger partial charge on any atom is -0.361 e. The molecule has 1 aromatic carbocycles. The Morgan fingerprint density at radius 2 is 1.02 bits per heavy atom. The quantitative estimate of drug-likeness (QED) is 0.287. The molecule has 234 valence electrons. The van der Waals surface area contributed by atoms with Gasteiger partial charge in [-0.1, -0.05) is 98.7 Å². The van der Waals surface area contributed by atoms with Crippen LogP contribution in [0.5, 0.6) is 0 Å². The van der Waals surface area contributed by atoms with E-state index in [9.17, 15) is 0 Å². The molecule has 3 saturated heterocycles. The summed E-state index contributed by atoms with van der Waals surface area (Å²) in [6.07, 6.45) is 2.41. The largest absolute Gasteiger partial charge is 0.361 e. The van der Waals surface area contributed by atoms with Crippen LogP contribution >= 0.6 is 11.8 Å². The highest BCUT2D eigenvalue weighted by Gasteiger charge is 2.50. The molecule has 15 atom stereocenters. The van der Waals surface area contributed by atoms with Crippen molar-refractivity contribution in [3.63, 3.8) is 0 Å². The van der Waals surface area contributed by atoms with Crippen molar-refractivity contribution in [3.05, 3.63) is 29.8 Å². The van der Waals surface area contributed by atoms with Gasteiger partial charge in [0.2, 0.25) is 0 Å². The average Bonchev–Trinajstić information content (AvgIpc) is 2.97. The number of ether oxygens (including phenoxy) is 5. The first-order chi connectivity index (χ1) is 19.5. The summed E-state index contributed by atoms with van der Waals surface area (Å²) in [5.41, 5.74) is 1.14. The minimum atomic E-state index is -0.473. The normalized spacial score (nSPS) is 45.5. The lowest BCUT2D eigenvalue weighted by atomic mass is 9.78. The highest BCUT2D eigenvalue weighted by atomic mass is 32.2. The van der Waals surface area contributed by atoms with Gasteiger partial charge in [-0.05, 0) is 73.8 Å². The lowest BCUT2D eigenvalue weighted by Crippen LogP contribution is -2.58. The van der Waals surface area contributed by atoms with E-state index in [2.05, 4.69) is 100 Å². The topological polar surface area (TPSA) is 46.2 Å². The molecule has 3 fully saturated rings. The van der Waals surface area contributed by atoms with Crippen LogP contribution in [0.3, 0.4) is 0 Å². The highest BCUT2D eigenvalue weighted by Crippen LogP contribution is 2.45. The van der Waals surface area contributed by atoms with Gasteiger partial charge in [-0.15, -0.1) is 0 Å². The third-order valence-corrected chi connectivity index (χ3v) is 12.2. The Bertz CT molecular complexity index is 939. The maximum atomic E-state index is 7.11. The Labute approximate surface area is 255 Å². The highest BCUT2D eigenvalue weighted by molar-refractivity contribution is 7.99. The minimum absolute atomic E-state index is 0.122. The van der Waals surface area contributed by atoms with Crippen LogP contribution in [0, 0.1) is 48.3 Å². The van der Waals surface area contributed by atoms with Gasteiger partial charge in [0.05, 0.1) is 24.4 Å². The van der Waals surface area contributed by atoms with E-state index in [-0.39, 0.29) is 48.2 Å². The number of hydrogen-bond acceptors (Lipinski definition) is 6. The van der Waals surface area contributed by atoms with Crippen LogP contribution in [0.25, 0.3) is 0 Å². The average molecular weight is 591 g/mol. The zero-order valence-electron chi connectivity index (χ0n) is 27.5. The first-order valence-electron chi connectivity index (χ1n) is 16.5. The van der Waals surface area contributed by atoms with Crippen molar-refractivity contribution in [2.24, 2.45) is 41.4 Å². The molecular weight excluding hydrogens is 532 g/mol. The van der Waals surface area contributed by atoms with Gasteiger partial charge < -0.3 is 23.7 Å². The Kier molecular flexibility index (Phi) is 11.7. The SMILES string of the molecule is CCC1O[C@H](OC2[C@@H](OC3[C@@H](Sc4ccc(C)cc4)OC(CC)[C@@H](C)[C@@H]3C)OC(CC)[C@@H](C)[C@@H]2C)C(C)[C@@H](C)[C@@H]1C. The van der Waals surface area contributed by atoms with Crippen molar-refractivity contribution >= 4 is 11.8 Å². The van der Waals surface area contributed by atoms with E-state index in [4.69, 9.17) is 23.7 Å². The summed E-state index contributed by atoms with van der Waals surface area (Å²) >= 11 is 1.78. The first-order valence-corrected chi connectivity index (χ1v) is 17.4. The monoisotopic (exact) mass is 590 g/mol. The summed E-state index contributed by atoms with van der Waals surface area (Å²) in [4.78, 5) is 1.20. The molecule has 6 unspecified atom stereocenters. The fraction of sp³-hybridized carbons (Fsp3) is 0.829. The number of aryl methyl sites for hydroxylation is 1. The molecule has 3 heterocycles. The smallest absolute Gasteiger partial charge is 0.184 e. The van der Waals surface area contributed by atoms with Crippen LogP contribution < -0.4 is 0 Å². The van der Waals surface area contributed by atoms with Crippen molar-refractivity contribution in [1.82, 2.24) is 0 Å². The Morgan fingerprint density at radius 3 is 1.59 bits per heavy atom. The predicted octanol–water partition coefficient (Wildman–Crippen LogP) is 8.71. The molecule has 0 bridgehead atoms. The number of rotatable bonds is 9. The molecule has 6 heteroatoms. The van der Waals surface area contributed by atoms with Crippen molar-refractivity contribution in [1.29, 1.82) is 0 Å². The lowest BCUT2D eigenvalue weighted by molar-refractivity contribution is -0.352. The maximum absolute atomic E-state index is 7.11. The molecular formula is C35H58O5S. The van der Waals surface area contributed by atoms with Crippen LogP contribution in [0.1, 0.15) is 94.1 Å². The van der Waals surface area contributed by atoms with Crippen LogP contribution in [0.15, 0.2) is 29.2 Å². The molecule has 0 spiro atoms. The summed E-state index contributed by atoms with van der Waals surface area (Å²) in [5, 5.41) is 0. The third-order valence-electron chi connectivity index (χ3n) is 11.1. The maximum Gasteiger partial charge on any atom is 0.184 e. The predicted molar refractivity (Wildman–Crippen MR) is 168 cm³/mol. The summed E-state index contributed by atoms with van der Waals surface area (Å²) in [5.74, 6) is 2.66. The van der Waals surface area contributed by atoms with E-state index < -0.39 is 6.29 Å². The van der Waals surface area contributed by atoms with Gasteiger partial charge in [0.25, 0.3) is 0 Å². The molecule has 3 aliphatic rings. The van der Waals surface area contributed by atoms with Gasteiger partial charge in [-0.25, -0.2) is 0 Å². The molecule has 0 radical (unpaired) electrons. The van der Waals surface area contributed by atoms with Crippen molar-refractivity contribution in [3.8, 4) is 0 Å². The van der Waals surface area contributed by atoms with Crippen LogP contribution in [0.2, 0.25) is 0 Å². The van der Waals surface area contributed by atoms with Crippen molar-refractivity contribution in [2.75, 3.05) is 0 Å². The molecule has 41 heavy (non-hydrogen) atoms. The van der Waals surface area contributed by atoms with Crippen LogP contribution in [-0.2, 0) is 23.7 Å². The molecule has 0 saturated carbocycles. The van der Waals surface area contributed by atoms with Crippen molar-refractivity contribution in [2.45, 2.75) is 149 Å². The standard InChI is InChI=1S/C35H58O5S/c1-12-28-21(6)20(5)26(11)33(36-28)39-31-24(9)22(7)29(13-2)37-34(31)40-32-25(10)23(8)30(14-3)38-35(32)41-27-17-15-19(4)16-18-27/h15-18,20-26,28-35H,12-14H2,1-11H3/t20-,21-,22-,23-,24-,25-,26?,28?,29?,30?,31?,32?,33+,34+,35+/m0/s1. The zero-order valence-corrected chi connectivity index (χ0v) is 28.4. The summed E-state index contributed by atoms with van der Waals surface area (Å²) in [6.45, 7) is 25.0. The zero-order chi connectivity index (χ0) is 30.0. The second kappa shape index (κ2) is 14.4. The molecule has 0 N–H and O–H groups in total. The molecule has 3 aliphatic heterocycles. The van der Waals surface area contributed by atoms with Crippen LogP contribution in [0.4, 0.5) is 0 Å².